The molecule has 0 aliphatic rings. The van der Waals surface area contributed by atoms with E-state index >= 15 is 0 Å². The SMILES string of the molecule is CCC(C)NC(=O)c1cc([N+](=O)[O-])ccc1OC. The van der Waals surface area contributed by atoms with E-state index in [0.717, 1.165) is 6.42 Å². The normalized spacial score (nSPS) is 11.7. The molecule has 6 heteroatoms. The van der Waals surface area contributed by atoms with Gasteiger partial charge in [-0.3, -0.25) is 14.9 Å². The van der Waals surface area contributed by atoms with E-state index < -0.39 is 4.92 Å². The van der Waals surface area contributed by atoms with E-state index in [1.165, 1.54) is 25.3 Å². The number of hydrogen-bond donors (Lipinski definition) is 1. The number of benzene rings is 1. The Kier molecular flexibility index (Phi) is 4.65. The van der Waals surface area contributed by atoms with Gasteiger partial charge in [0, 0.05) is 18.2 Å². The Morgan fingerprint density at radius 2 is 2.22 bits per heavy atom. The molecule has 0 radical (unpaired) electrons. The van der Waals surface area contributed by atoms with E-state index in [1.807, 2.05) is 13.8 Å². The van der Waals surface area contributed by atoms with Gasteiger partial charge in [0.1, 0.15) is 5.75 Å². The van der Waals surface area contributed by atoms with Crippen molar-refractivity contribution < 1.29 is 14.5 Å². The highest BCUT2D eigenvalue weighted by atomic mass is 16.6. The minimum atomic E-state index is -0.542. The van der Waals surface area contributed by atoms with Gasteiger partial charge in [-0.1, -0.05) is 6.92 Å². The molecular weight excluding hydrogens is 236 g/mol. The standard InChI is InChI=1S/C12H16N2O4/c1-4-8(2)13-12(15)10-7-9(14(16)17)5-6-11(10)18-3/h5-8H,4H2,1-3H3,(H,13,15). The van der Waals surface area contributed by atoms with E-state index in [2.05, 4.69) is 5.32 Å². The molecule has 0 aliphatic carbocycles. The molecule has 1 rings (SSSR count). The minimum Gasteiger partial charge on any atom is -0.496 e. The molecule has 0 bridgehead atoms. The number of rotatable bonds is 5. The molecule has 0 fully saturated rings. The molecule has 1 unspecified atom stereocenters. The third kappa shape index (κ3) is 3.19. The van der Waals surface area contributed by atoms with Gasteiger partial charge in [0.15, 0.2) is 0 Å². The number of methoxy groups -OCH3 is 1. The van der Waals surface area contributed by atoms with Gasteiger partial charge in [-0.05, 0) is 19.4 Å². The number of non-ortho nitro benzene ring substituents is 1. The van der Waals surface area contributed by atoms with Crippen molar-refractivity contribution in [2.45, 2.75) is 26.3 Å². The summed E-state index contributed by atoms with van der Waals surface area (Å²) in [4.78, 5) is 22.1. The van der Waals surface area contributed by atoms with Crippen molar-refractivity contribution in [3.05, 3.63) is 33.9 Å². The third-order valence-electron chi connectivity index (χ3n) is 2.63. The Hall–Kier alpha value is -2.11. The van der Waals surface area contributed by atoms with Crippen molar-refractivity contribution in [2.24, 2.45) is 0 Å². The fourth-order valence-corrected chi connectivity index (χ4v) is 1.39. The highest BCUT2D eigenvalue weighted by Crippen LogP contribution is 2.23. The highest BCUT2D eigenvalue weighted by molar-refractivity contribution is 5.97. The summed E-state index contributed by atoms with van der Waals surface area (Å²) in [6.07, 6.45) is 0.781. The van der Waals surface area contributed by atoms with Crippen molar-refractivity contribution in [1.82, 2.24) is 5.32 Å². The van der Waals surface area contributed by atoms with Crippen molar-refractivity contribution in [1.29, 1.82) is 0 Å². The Morgan fingerprint density at radius 1 is 1.56 bits per heavy atom. The molecule has 18 heavy (non-hydrogen) atoms. The lowest BCUT2D eigenvalue weighted by Gasteiger charge is -2.13. The fraction of sp³-hybridized carbons (Fsp3) is 0.417. The van der Waals surface area contributed by atoms with Crippen LogP contribution in [-0.2, 0) is 0 Å². The molecule has 1 N–H and O–H groups in total. The van der Waals surface area contributed by atoms with Gasteiger partial charge in [-0.2, -0.15) is 0 Å². The van der Waals surface area contributed by atoms with E-state index in [4.69, 9.17) is 4.74 Å². The summed E-state index contributed by atoms with van der Waals surface area (Å²) in [5, 5.41) is 13.4. The molecule has 0 aromatic heterocycles. The lowest BCUT2D eigenvalue weighted by molar-refractivity contribution is -0.384. The number of nitro benzene ring substituents is 1. The third-order valence-corrected chi connectivity index (χ3v) is 2.63. The number of carbonyl (C=O) groups excluding carboxylic acids is 1. The van der Waals surface area contributed by atoms with Gasteiger partial charge in [-0.25, -0.2) is 0 Å². The molecular formula is C12H16N2O4. The van der Waals surface area contributed by atoms with Gasteiger partial charge in [0.25, 0.3) is 11.6 Å². The maximum atomic E-state index is 12.0. The zero-order valence-corrected chi connectivity index (χ0v) is 10.6. The average Bonchev–Trinajstić information content (AvgIpc) is 2.37. The monoisotopic (exact) mass is 252 g/mol. The molecule has 1 aromatic carbocycles. The van der Waals surface area contributed by atoms with Crippen LogP contribution in [0.2, 0.25) is 0 Å². The van der Waals surface area contributed by atoms with Crippen molar-refractivity contribution in [3.8, 4) is 5.75 Å². The van der Waals surface area contributed by atoms with Crippen LogP contribution < -0.4 is 10.1 Å². The number of ether oxygens (including phenoxy) is 1. The first-order valence-electron chi connectivity index (χ1n) is 5.62. The second-order valence-electron chi connectivity index (χ2n) is 3.92. The van der Waals surface area contributed by atoms with Crippen LogP contribution in [0.1, 0.15) is 30.6 Å². The molecule has 0 aliphatic heterocycles. The number of nitro groups is 1. The van der Waals surface area contributed by atoms with Crippen LogP contribution in [0.5, 0.6) is 5.75 Å². The van der Waals surface area contributed by atoms with Gasteiger partial charge < -0.3 is 10.1 Å². The summed E-state index contributed by atoms with van der Waals surface area (Å²) in [7, 11) is 1.42. The number of hydrogen-bond acceptors (Lipinski definition) is 4. The topological polar surface area (TPSA) is 81.5 Å². The van der Waals surface area contributed by atoms with Crippen LogP contribution in [0.15, 0.2) is 18.2 Å². The van der Waals surface area contributed by atoms with Crippen molar-refractivity contribution >= 4 is 11.6 Å². The van der Waals surface area contributed by atoms with Crippen LogP contribution in [0, 0.1) is 10.1 Å². The molecule has 1 atom stereocenters. The highest BCUT2D eigenvalue weighted by Gasteiger charge is 2.18. The van der Waals surface area contributed by atoms with Crippen LogP contribution >= 0.6 is 0 Å². The molecule has 1 amide bonds. The number of nitrogens with one attached hydrogen (secondary N) is 1. The number of carbonyl (C=O) groups is 1. The lowest BCUT2D eigenvalue weighted by Crippen LogP contribution is -2.32. The molecule has 1 aromatic rings. The van der Waals surface area contributed by atoms with Gasteiger partial charge >= 0.3 is 0 Å². The molecule has 0 saturated heterocycles. The Morgan fingerprint density at radius 3 is 2.72 bits per heavy atom. The predicted molar refractivity (Wildman–Crippen MR) is 66.9 cm³/mol. The second kappa shape index (κ2) is 6.00. The smallest absolute Gasteiger partial charge is 0.270 e. The Bertz CT molecular complexity index is 459. The maximum Gasteiger partial charge on any atom is 0.270 e. The quantitative estimate of drug-likeness (QED) is 0.643. The van der Waals surface area contributed by atoms with Crippen LogP contribution in [0.25, 0.3) is 0 Å². The van der Waals surface area contributed by atoms with E-state index in [1.54, 1.807) is 0 Å². The molecule has 6 nitrogen and oxygen atoms in total. The Balaban J connectivity index is 3.07. The summed E-state index contributed by atoms with van der Waals surface area (Å²) in [5.74, 6) is -0.0497. The molecule has 0 heterocycles. The van der Waals surface area contributed by atoms with Crippen molar-refractivity contribution in [2.75, 3.05) is 7.11 Å². The van der Waals surface area contributed by atoms with E-state index in [-0.39, 0.29) is 23.2 Å². The van der Waals surface area contributed by atoms with Crippen LogP contribution in [0.4, 0.5) is 5.69 Å². The molecule has 0 spiro atoms. The average molecular weight is 252 g/mol. The zero-order chi connectivity index (χ0) is 13.7. The fourth-order valence-electron chi connectivity index (χ4n) is 1.39. The summed E-state index contributed by atoms with van der Waals surface area (Å²) < 4.78 is 5.03. The van der Waals surface area contributed by atoms with E-state index in [9.17, 15) is 14.9 Å². The number of nitrogens with zero attached hydrogens (tertiary/aromatic N) is 1. The number of amides is 1. The zero-order valence-electron chi connectivity index (χ0n) is 10.6. The maximum absolute atomic E-state index is 12.0. The predicted octanol–water partition coefficient (Wildman–Crippen LogP) is 2.13. The van der Waals surface area contributed by atoms with Crippen LogP contribution in [-0.4, -0.2) is 24.0 Å². The minimum absolute atomic E-state index is 0.00136. The molecule has 98 valence electrons. The first-order chi connectivity index (χ1) is 8.49. The summed E-state index contributed by atoms with van der Waals surface area (Å²) in [6, 6.07) is 3.94. The summed E-state index contributed by atoms with van der Waals surface area (Å²) in [6.45, 7) is 3.80. The van der Waals surface area contributed by atoms with Crippen LogP contribution in [0.3, 0.4) is 0 Å². The first kappa shape index (κ1) is 14.0. The molecule has 0 saturated carbocycles. The van der Waals surface area contributed by atoms with Gasteiger partial charge in [0.05, 0.1) is 17.6 Å². The Labute approximate surface area is 105 Å². The second-order valence-corrected chi connectivity index (χ2v) is 3.92. The van der Waals surface area contributed by atoms with Crippen molar-refractivity contribution in [3.63, 3.8) is 0 Å². The first-order valence-corrected chi connectivity index (χ1v) is 5.62. The van der Waals surface area contributed by atoms with Gasteiger partial charge in [0.2, 0.25) is 0 Å². The summed E-state index contributed by atoms with van der Waals surface area (Å²) in [5.41, 5.74) is 0.0390. The largest absolute Gasteiger partial charge is 0.496 e. The van der Waals surface area contributed by atoms with Gasteiger partial charge in [-0.15, -0.1) is 0 Å². The lowest BCUT2D eigenvalue weighted by atomic mass is 10.1. The summed E-state index contributed by atoms with van der Waals surface area (Å²) >= 11 is 0. The van der Waals surface area contributed by atoms with E-state index in [0.29, 0.717) is 5.75 Å².